The number of rotatable bonds is 8. The zero-order valence-corrected chi connectivity index (χ0v) is 12.3. The standard InChI is InChI=1S/C13H22N2O3S/c1-14-13(9-3-4-9,12(17)18-2)8-19-7-11(16)15-10-5-6-10/h9-10,14H,3-8H2,1-2H3,(H,15,16). The highest BCUT2D eigenvalue weighted by atomic mass is 32.2. The van der Waals surface area contributed by atoms with E-state index in [0.717, 1.165) is 25.7 Å². The summed E-state index contributed by atoms with van der Waals surface area (Å²) in [5, 5.41) is 6.08. The second kappa shape index (κ2) is 6.13. The number of esters is 1. The third-order valence-corrected chi connectivity index (χ3v) is 4.90. The van der Waals surface area contributed by atoms with Crippen LogP contribution in [0.3, 0.4) is 0 Å². The van der Waals surface area contributed by atoms with E-state index in [1.54, 1.807) is 7.05 Å². The number of carbonyl (C=O) groups excluding carboxylic acids is 2. The lowest BCUT2D eigenvalue weighted by atomic mass is 9.96. The van der Waals surface area contributed by atoms with Crippen molar-refractivity contribution in [3.8, 4) is 0 Å². The highest BCUT2D eigenvalue weighted by molar-refractivity contribution is 8.00. The van der Waals surface area contributed by atoms with Crippen LogP contribution in [0.2, 0.25) is 0 Å². The van der Waals surface area contributed by atoms with Crippen molar-refractivity contribution in [2.45, 2.75) is 37.3 Å². The molecule has 108 valence electrons. The summed E-state index contributed by atoms with van der Waals surface area (Å²) in [6.45, 7) is 0. The van der Waals surface area contributed by atoms with Gasteiger partial charge in [0.05, 0.1) is 12.9 Å². The lowest BCUT2D eigenvalue weighted by molar-refractivity contribution is -0.148. The summed E-state index contributed by atoms with van der Waals surface area (Å²) in [5.74, 6) is 1.18. The third kappa shape index (κ3) is 3.63. The van der Waals surface area contributed by atoms with Gasteiger partial charge in [-0.05, 0) is 38.6 Å². The van der Waals surface area contributed by atoms with Gasteiger partial charge in [0.2, 0.25) is 5.91 Å². The first-order valence-electron chi connectivity index (χ1n) is 6.77. The van der Waals surface area contributed by atoms with Crippen LogP contribution in [-0.2, 0) is 14.3 Å². The van der Waals surface area contributed by atoms with Crippen molar-refractivity contribution in [3.05, 3.63) is 0 Å². The number of amides is 1. The minimum atomic E-state index is -0.626. The first-order chi connectivity index (χ1) is 9.12. The molecule has 6 heteroatoms. The molecule has 1 unspecified atom stereocenters. The Kier molecular flexibility index (Phi) is 4.73. The fourth-order valence-electron chi connectivity index (χ4n) is 2.28. The van der Waals surface area contributed by atoms with Gasteiger partial charge in [0, 0.05) is 11.8 Å². The highest BCUT2D eigenvalue weighted by Crippen LogP contribution is 2.42. The molecule has 0 aromatic rings. The SMILES string of the molecule is CNC(CSCC(=O)NC1CC1)(C(=O)OC)C1CC1. The molecule has 0 spiro atoms. The molecule has 2 saturated carbocycles. The first kappa shape index (κ1) is 14.7. The van der Waals surface area contributed by atoms with E-state index in [9.17, 15) is 9.59 Å². The van der Waals surface area contributed by atoms with Crippen molar-refractivity contribution in [2.75, 3.05) is 25.7 Å². The molecule has 1 amide bonds. The summed E-state index contributed by atoms with van der Waals surface area (Å²) >= 11 is 1.50. The molecule has 2 fully saturated rings. The molecule has 0 bridgehead atoms. The lowest BCUT2D eigenvalue weighted by Gasteiger charge is -2.30. The van der Waals surface area contributed by atoms with Crippen LogP contribution in [0.5, 0.6) is 0 Å². The van der Waals surface area contributed by atoms with E-state index >= 15 is 0 Å². The Morgan fingerprint density at radius 3 is 2.47 bits per heavy atom. The van der Waals surface area contributed by atoms with E-state index in [4.69, 9.17) is 4.74 Å². The quantitative estimate of drug-likeness (QED) is 0.638. The van der Waals surface area contributed by atoms with E-state index in [1.807, 2.05) is 0 Å². The van der Waals surface area contributed by atoms with E-state index < -0.39 is 5.54 Å². The van der Waals surface area contributed by atoms with Gasteiger partial charge < -0.3 is 15.4 Å². The van der Waals surface area contributed by atoms with Crippen LogP contribution in [0, 0.1) is 5.92 Å². The number of ether oxygens (including phenoxy) is 1. The third-order valence-electron chi connectivity index (χ3n) is 3.78. The molecule has 2 aliphatic rings. The molecule has 2 N–H and O–H groups in total. The van der Waals surface area contributed by atoms with Gasteiger partial charge in [0.25, 0.3) is 0 Å². The van der Waals surface area contributed by atoms with Gasteiger partial charge in [-0.1, -0.05) is 0 Å². The molecular weight excluding hydrogens is 264 g/mol. The molecule has 19 heavy (non-hydrogen) atoms. The maximum absolute atomic E-state index is 12.0. The predicted molar refractivity (Wildman–Crippen MR) is 75.0 cm³/mol. The summed E-state index contributed by atoms with van der Waals surface area (Å²) in [4.78, 5) is 23.6. The van der Waals surface area contributed by atoms with Crippen molar-refractivity contribution in [1.29, 1.82) is 0 Å². The Balaban J connectivity index is 1.81. The molecule has 5 nitrogen and oxygen atoms in total. The fraction of sp³-hybridized carbons (Fsp3) is 0.846. The predicted octanol–water partition coefficient (Wildman–Crippen LogP) is 0.539. The number of hydrogen-bond donors (Lipinski definition) is 2. The first-order valence-corrected chi connectivity index (χ1v) is 7.92. The zero-order valence-electron chi connectivity index (χ0n) is 11.5. The Morgan fingerprint density at radius 2 is 2.00 bits per heavy atom. The maximum atomic E-state index is 12.0. The van der Waals surface area contributed by atoms with Gasteiger partial charge in [0.1, 0.15) is 5.54 Å². The van der Waals surface area contributed by atoms with Crippen molar-refractivity contribution in [3.63, 3.8) is 0 Å². The monoisotopic (exact) mass is 286 g/mol. The van der Waals surface area contributed by atoms with Gasteiger partial charge in [0.15, 0.2) is 0 Å². The number of likely N-dealkylation sites (N-methyl/N-ethyl adjacent to an activating group) is 1. The number of hydrogen-bond acceptors (Lipinski definition) is 5. The Labute approximate surface area is 118 Å². The second-order valence-corrected chi connectivity index (χ2v) is 6.31. The Bertz CT molecular complexity index is 356. The average molecular weight is 286 g/mol. The van der Waals surface area contributed by atoms with E-state index in [-0.39, 0.29) is 11.9 Å². The average Bonchev–Trinajstić information content (AvgIpc) is 3.25. The van der Waals surface area contributed by atoms with Crippen LogP contribution in [-0.4, -0.2) is 49.1 Å². The molecule has 0 saturated heterocycles. The largest absolute Gasteiger partial charge is 0.468 e. The number of carbonyl (C=O) groups is 2. The van der Waals surface area contributed by atoms with Crippen molar-refractivity contribution < 1.29 is 14.3 Å². The van der Waals surface area contributed by atoms with Crippen LogP contribution in [0.15, 0.2) is 0 Å². The van der Waals surface area contributed by atoms with Crippen LogP contribution in [0.25, 0.3) is 0 Å². The maximum Gasteiger partial charge on any atom is 0.327 e. The lowest BCUT2D eigenvalue weighted by Crippen LogP contribution is -2.55. The van der Waals surface area contributed by atoms with E-state index in [1.165, 1.54) is 18.9 Å². The summed E-state index contributed by atoms with van der Waals surface area (Å²) in [6, 6.07) is 0.395. The minimum absolute atomic E-state index is 0.0677. The summed E-state index contributed by atoms with van der Waals surface area (Å²) in [6.07, 6.45) is 4.29. The fourth-order valence-corrected chi connectivity index (χ4v) is 3.47. The van der Waals surface area contributed by atoms with E-state index in [0.29, 0.717) is 23.5 Å². The van der Waals surface area contributed by atoms with Gasteiger partial charge in [-0.25, -0.2) is 0 Å². The second-order valence-electron chi connectivity index (χ2n) is 5.32. The van der Waals surface area contributed by atoms with Gasteiger partial charge in [-0.15, -0.1) is 11.8 Å². The minimum Gasteiger partial charge on any atom is -0.468 e. The smallest absolute Gasteiger partial charge is 0.327 e. The van der Waals surface area contributed by atoms with Gasteiger partial charge in [-0.2, -0.15) is 0 Å². The topological polar surface area (TPSA) is 67.4 Å². The normalized spacial score (nSPS) is 21.6. The van der Waals surface area contributed by atoms with Crippen molar-refractivity contribution in [2.24, 2.45) is 5.92 Å². The van der Waals surface area contributed by atoms with Crippen LogP contribution >= 0.6 is 11.8 Å². The molecule has 0 aromatic heterocycles. The van der Waals surface area contributed by atoms with Crippen LogP contribution in [0.4, 0.5) is 0 Å². The Hall–Kier alpha value is -0.750. The number of thioether (sulfide) groups is 1. The van der Waals surface area contributed by atoms with Crippen molar-refractivity contribution in [1.82, 2.24) is 10.6 Å². The summed E-state index contributed by atoms with van der Waals surface area (Å²) in [7, 11) is 3.21. The van der Waals surface area contributed by atoms with Crippen LogP contribution < -0.4 is 10.6 Å². The molecule has 1 atom stereocenters. The van der Waals surface area contributed by atoms with Crippen molar-refractivity contribution >= 4 is 23.6 Å². The Morgan fingerprint density at radius 1 is 1.32 bits per heavy atom. The molecule has 0 heterocycles. The number of methoxy groups -OCH3 is 1. The van der Waals surface area contributed by atoms with Crippen LogP contribution in [0.1, 0.15) is 25.7 Å². The van der Waals surface area contributed by atoms with Gasteiger partial charge in [-0.3, -0.25) is 9.59 Å². The molecule has 0 aromatic carbocycles. The molecule has 2 rings (SSSR count). The zero-order chi connectivity index (χ0) is 13.9. The van der Waals surface area contributed by atoms with Gasteiger partial charge >= 0.3 is 5.97 Å². The highest BCUT2D eigenvalue weighted by Gasteiger charge is 2.50. The molecule has 0 radical (unpaired) electrons. The number of nitrogens with one attached hydrogen (secondary N) is 2. The summed E-state index contributed by atoms with van der Waals surface area (Å²) in [5.41, 5.74) is -0.626. The van der Waals surface area contributed by atoms with E-state index in [2.05, 4.69) is 10.6 Å². The molecular formula is C13H22N2O3S. The molecule has 2 aliphatic carbocycles. The molecule has 0 aliphatic heterocycles. The summed E-state index contributed by atoms with van der Waals surface area (Å²) < 4.78 is 4.92.